The van der Waals surface area contributed by atoms with Crippen molar-refractivity contribution in [2.45, 2.75) is 32.6 Å². The number of nitrogens with zero attached hydrogens (tertiary/aromatic N) is 2. The van der Waals surface area contributed by atoms with E-state index in [2.05, 4.69) is 10.3 Å². The molecule has 6 heteroatoms. The van der Waals surface area contributed by atoms with Gasteiger partial charge in [0.05, 0.1) is 18.2 Å². The normalized spacial score (nSPS) is 19.9. The highest BCUT2D eigenvalue weighted by atomic mass is 16.5. The molecular weight excluding hydrogens is 330 g/mol. The van der Waals surface area contributed by atoms with E-state index in [0.29, 0.717) is 19.7 Å². The second kappa shape index (κ2) is 9.14. The van der Waals surface area contributed by atoms with E-state index >= 15 is 0 Å². The highest BCUT2D eigenvalue weighted by Gasteiger charge is 2.34. The smallest absolute Gasteiger partial charge is 0.309 e. The molecule has 0 bridgehead atoms. The summed E-state index contributed by atoms with van der Waals surface area (Å²) in [6.45, 7) is 5.42. The lowest BCUT2D eigenvalue weighted by Gasteiger charge is -2.41. The van der Waals surface area contributed by atoms with E-state index in [4.69, 9.17) is 4.74 Å². The largest absolute Gasteiger partial charge is 0.466 e. The van der Waals surface area contributed by atoms with E-state index in [-0.39, 0.29) is 23.7 Å². The maximum Gasteiger partial charge on any atom is 0.309 e. The Morgan fingerprint density at radius 3 is 2.35 bits per heavy atom. The van der Waals surface area contributed by atoms with Crippen LogP contribution >= 0.6 is 0 Å². The number of benzene rings is 1. The van der Waals surface area contributed by atoms with E-state index < -0.39 is 0 Å². The number of piperidine rings is 2. The maximum atomic E-state index is 13.3. The third-order valence-corrected chi connectivity index (χ3v) is 5.27. The molecule has 1 aromatic rings. The van der Waals surface area contributed by atoms with Gasteiger partial charge in [0.2, 0.25) is 5.91 Å². The molecule has 1 aromatic carbocycles. The zero-order valence-electron chi connectivity index (χ0n) is 15.5. The molecule has 2 saturated heterocycles. The topological polar surface area (TPSA) is 61.9 Å². The van der Waals surface area contributed by atoms with Crippen molar-refractivity contribution in [3.8, 4) is 0 Å². The van der Waals surface area contributed by atoms with Crippen molar-refractivity contribution in [3.63, 3.8) is 0 Å². The quantitative estimate of drug-likeness (QED) is 0.817. The van der Waals surface area contributed by atoms with Crippen LogP contribution in [0.4, 0.5) is 5.69 Å². The van der Waals surface area contributed by atoms with Gasteiger partial charge < -0.3 is 10.1 Å². The fourth-order valence-electron chi connectivity index (χ4n) is 3.80. The number of hydrazine groups is 1. The summed E-state index contributed by atoms with van der Waals surface area (Å²) in [5.41, 5.74) is 0.908. The minimum absolute atomic E-state index is 0.0548. The molecule has 1 N–H and O–H groups in total. The molecule has 2 aliphatic rings. The van der Waals surface area contributed by atoms with Crippen LogP contribution < -0.4 is 10.3 Å². The van der Waals surface area contributed by atoms with Crippen molar-refractivity contribution >= 4 is 17.6 Å². The molecule has 2 fully saturated rings. The standard InChI is InChI=1S/C20H29N3O3/c1-2-26-20(25)17-10-14-22(15-11-17)23(18-6-4-3-5-7-18)19(24)16-8-12-21-13-9-16/h3-7,16-17,21H,2,8-15H2,1H3. The highest BCUT2D eigenvalue weighted by Crippen LogP contribution is 2.27. The van der Waals surface area contributed by atoms with Crippen molar-refractivity contribution in [3.05, 3.63) is 30.3 Å². The van der Waals surface area contributed by atoms with Gasteiger partial charge in [-0.25, -0.2) is 10.0 Å². The number of ether oxygens (including phenoxy) is 1. The van der Waals surface area contributed by atoms with Gasteiger partial charge in [0.15, 0.2) is 0 Å². The van der Waals surface area contributed by atoms with Crippen molar-refractivity contribution in [1.29, 1.82) is 0 Å². The predicted octanol–water partition coefficient (Wildman–Crippen LogP) is 2.21. The van der Waals surface area contributed by atoms with Crippen LogP contribution in [0.25, 0.3) is 0 Å². The lowest BCUT2D eigenvalue weighted by molar-refractivity contribution is -0.149. The third-order valence-electron chi connectivity index (χ3n) is 5.27. The Hall–Kier alpha value is -1.92. The number of esters is 1. The Balaban J connectivity index is 1.72. The number of nitrogens with one attached hydrogen (secondary N) is 1. The minimum atomic E-state index is -0.108. The summed E-state index contributed by atoms with van der Waals surface area (Å²) in [4.78, 5) is 25.3. The summed E-state index contributed by atoms with van der Waals surface area (Å²) in [6.07, 6.45) is 3.20. The Morgan fingerprint density at radius 2 is 1.73 bits per heavy atom. The number of hydrogen-bond donors (Lipinski definition) is 1. The zero-order valence-corrected chi connectivity index (χ0v) is 15.5. The first-order chi connectivity index (χ1) is 12.7. The minimum Gasteiger partial charge on any atom is -0.466 e. The molecule has 1 amide bonds. The average Bonchev–Trinajstić information content (AvgIpc) is 2.70. The van der Waals surface area contributed by atoms with E-state index in [1.165, 1.54) is 0 Å². The number of rotatable bonds is 5. The SMILES string of the molecule is CCOC(=O)C1CCN(N(C(=O)C2CCNCC2)c2ccccc2)CC1. The van der Waals surface area contributed by atoms with Gasteiger partial charge in [0, 0.05) is 19.0 Å². The average molecular weight is 359 g/mol. The molecule has 0 saturated carbocycles. The zero-order chi connectivity index (χ0) is 18.4. The summed E-state index contributed by atoms with van der Waals surface area (Å²) in [5.74, 6) is 0.0624. The highest BCUT2D eigenvalue weighted by molar-refractivity contribution is 5.94. The Morgan fingerprint density at radius 1 is 1.08 bits per heavy atom. The van der Waals surface area contributed by atoms with Gasteiger partial charge in [0.1, 0.15) is 0 Å². The van der Waals surface area contributed by atoms with E-state index in [9.17, 15) is 9.59 Å². The van der Waals surface area contributed by atoms with Gasteiger partial charge in [-0.1, -0.05) is 18.2 Å². The fourth-order valence-corrected chi connectivity index (χ4v) is 3.80. The first-order valence-electron chi connectivity index (χ1n) is 9.72. The van der Waals surface area contributed by atoms with Gasteiger partial charge in [-0.05, 0) is 57.8 Å². The first-order valence-corrected chi connectivity index (χ1v) is 9.72. The van der Waals surface area contributed by atoms with Crippen LogP contribution in [0.1, 0.15) is 32.6 Å². The molecule has 0 spiro atoms. The summed E-state index contributed by atoms with van der Waals surface area (Å²) >= 11 is 0. The molecule has 6 nitrogen and oxygen atoms in total. The Labute approximate surface area is 155 Å². The molecule has 2 heterocycles. The van der Waals surface area contributed by atoms with Gasteiger partial charge >= 0.3 is 5.97 Å². The van der Waals surface area contributed by atoms with Crippen molar-refractivity contribution in [2.24, 2.45) is 11.8 Å². The third kappa shape index (κ3) is 4.43. The Kier molecular flexibility index (Phi) is 6.63. The van der Waals surface area contributed by atoms with E-state index in [0.717, 1.165) is 44.5 Å². The van der Waals surface area contributed by atoms with E-state index in [1.807, 2.05) is 42.3 Å². The lowest BCUT2D eigenvalue weighted by atomic mass is 9.95. The van der Waals surface area contributed by atoms with Gasteiger partial charge in [0.25, 0.3) is 0 Å². The van der Waals surface area contributed by atoms with Gasteiger partial charge in [-0.2, -0.15) is 0 Å². The van der Waals surface area contributed by atoms with Crippen molar-refractivity contribution in [2.75, 3.05) is 37.8 Å². The monoisotopic (exact) mass is 359 g/mol. The molecule has 0 unspecified atom stereocenters. The number of carbonyl (C=O) groups excluding carboxylic acids is 2. The first kappa shape index (κ1) is 18.9. The lowest BCUT2D eigenvalue weighted by Crippen LogP contribution is -2.54. The van der Waals surface area contributed by atoms with Crippen LogP contribution in [-0.2, 0) is 14.3 Å². The molecule has 0 radical (unpaired) electrons. The molecule has 142 valence electrons. The summed E-state index contributed by atoms with van der Waals surface area (Å²) in [5, 5.41) is 7.29. The summed E-state index contributed by atoms with van der Waals surface area (Å²) in [6, 6.07) is 9.85. The maximum absolute atomic E-state index is 13.3. The Bertz CT molecular complexity index is 594. The number of amides is 1. The predicted molar refractivity (Wildman–Crippen MR) is 100 cm³/mol. The molecule has 0 aromatic heterocycles. The van der Waals surface area contributed by atoms with Crippen LogP contribution in [0, 0.1) is 11.8 Å². The molecule has 3 rings (SSSR count). The number of carbonyl (C=O) groups is 2. The van der Waals surface area contributed by atoms with Crippen LogP contribution in [0.3, 0.4) is 0 Å². The van der Waals surface area contributed by atoms with Crippen LogP contribution in [0.5, 0.6) is 0 Å². The molecule has 2 aliphatic heterocycles. The molecule has 0 aliphatic carbocycles. The molecule has 0 atom stereocenters. The summed E-state index contributed by atoms with van der Waals surface area (Å²) in [7, 11) is 0. The van der Waals surface area contributed by atoms with Gasteiger partial charge in [-0.3, -0.25) is 9.59 Å². The second-order valence-electron chi connectivity index (χ2n) is 6.99. The summed E-state index contributed by atoms with van der Waals surface area (Å²) < 4.78 is 5.16. The second-order valence-corrected chi connectivity index (χ2v) is 6.99. The van der Waals surface area contributed by atoms with Crippen LogP contribution in [0.15, 0.2) is 30.3 Å². The number of anilines is 1. The van der Waals surface area contributed by atoms with Crippen molar-refractivity contribution in [1.82, 2.24) is 10.3 Å². The van der Waals surface area contributed by atoms with E-state index in [1.54, 1.807) is 0 Å². The fraction of sp³-hybridized carbons (Fsp3) is 0.600. The van der Waals surface area contributed by atoms with Crippen molar-refractivity contribution < 1.29 is 14.3 Å². The molecular formula is C20H29N3O3. The molecule has 26 heavy (non-hydrogen) atoms. The number of para-hydroxylation sites is 1. The van der Waals surface area contributed by atoms with Crippen LogP contribution in [0.2, 0.25) is 0 Å². The number of hydrogen-bond acceptors (Lipinski definition) is 5. The van der Waals surface area contributed by atoms with Crippen LogP contribution in [-0.4, -0.2) is 49.7 Å². The van der Waals surface area contributed by atoms with Gasteiger partial charge in [-0.15, -0.1) is 0 Å².